The number of aromatic nitrogens is 1. The molecule has 1 aliphatic heterocycles. The van der Waals surface area contributed by atoms with Crippen LogP contribution < -0.4 is 10.6 Å². The summed E-state index contributed by atoms with van der Waals surface area (Å²) >= 11 is 0. The third kappa shape index (κ3) is 2.49. The van der Waals surface area contributed by atoms with E-state index < -0.39 is 11.6 Å². The van der Waals surface area contributed by atoms with Crippen LogP contribution in [0.1, 0.15) is 12.8 Å². The Morgan fingerprint density at radius 1 is 1.45 bits per heavy atom. The van der Waals surface area contributed by atoms with E-state index in [1.165, 1.54) is 0 Å². The number of halogens is 2. The number of anilines is 1. The van der Waals surface area contributed by atoms with Crippen molar-refractivity contribution in [3.8, 4) is 0 Å². The van der Waals surface area contributed by atoms with Crippen molar-refractivity contribution in [2.75, 3.05) is 18.4 Å². The molecule has 106 valence electrons. The number of rotatable bonds is 2. The van der Waals surface area contributed by atoms with Gasteiger partial charge in [0.25, 0.3) is 0 Å². The number of hydrogen-bond donors (Lipinski definition) is 2. The normalized spacial score (nSPS) is 19.2. The fourth-order valence-corrected chi connectivity index (χ4v) is 2.29. The highest BCUT2D eigenvalue weighted by Crippen LogP contribution is 2.23. The minimum atomic E-state index is -0.816. The fourth-order valence-electron chi connectivity index (χ4n) is 2.29. The van der Waals surface area contributed by atoms with E-state index in [0.29, 0.717) is 6.54 Å². The van der Waals surface area contributed by atoms with E-state index in [4.69, 9.17) is 4.42 Å². The number of oxazole rings is 1. The van der Waals surface area contributed by atoms with Crippen LogP contribution in [0.2, 0.25) is 0 Å². The highest BCUT2D eigenvalue weighted by Gasteiger charge is 2.23. The number of amides is 1. The first-order valence-corrected chi connectivity index (χ1v) is 6.40. The van der Waals surface area contributed by atoms with E-state index in [2.05, 4.69) is 15.6 Å². The topological polar surface area (TPSA) is 67.2 Å². The van der Waals surface area contributed by atoms with Crippen LogP contribution in [0.4, 0.5) is 14.8 Å². The van der Waals surface area contributed by atoms with Crippen LogP contribution in [-0.2, 0) is 4.79 Å². The maximum atomic E-state index is 13.5. The Balaban J connectivity index is 1.80. The van der Waals surface area contributed by atoms with Crippen LogP contribution in [0.3, 0.4) is 0 Å². The molecule has 7 heteroatoms. The number of carbonyl (C=O) groups excluding carboxylic acids is 1. The number of hydrogen-bond acceptors (Lipinski definition) is 4. The molecule has 3 rings (SSSR count). The van der Waals surface area contributed by atoms with Crippen LogP contribution in [0, 0.1) is 17.6 Å². The van der Waals surface area contributed by atoms with Gasteiger partial charge in [0.15, 0.2) is 11.4 Å². The van der Waals surface area contributed by atoms with E-state index in [1.807, 2.05) is 0 Å². The van der Waals surface area contributed by atoms with Crippen molar-refractivity contribution in [1.82, 2.24) is 10.3 Å². The van der Waals surface area contributed by atoms with E-state index >= 15 is 0 Å². The van der Waals surface area contributed by atoms with E-state index in [-0.39, 0.29) is 28.9 Å². The second-order valence-corrected chi connectivity index (χ2v) is 4.79. The van der Waals surface area contributed by atoms with Gasteiger partial charge in [0, 0.05) is 18.7 Å². The zero-order valence-electron chi connectivity index (χ0n) is 10.6. The van der Waals surface area contributed by atoms with Gasteiger partial charge < -0.3 is 9.73 Å². The number of benzene rings is 1. The van der Waals surface area contributed by atoms with E-state index in [0.717, 1.165) is 31.5 Å². The lowest BCUT2D eigenvalue weighted by atomic mass is 9.99. The molecule has 1 aromatic carbocycles. The first-order chi connectivity index (χ1) is 9.63. The van der Waals surface area contributed by atoms with Gasteiger partial charge in [-0.25, -0.2) is 8.78 Å². The molecule has 1 unspecified atom stereocenters. The van der Waals surface area contributed by atoms with Crippen LogP contribution >= 0.6 is 0 Å². The molecule has 2 heterocycles. The molecular weight excluding hydrogens is 268 g/mol. The monoisotopic (exact) mass is 281 g/mol. The number of carbonyl (C=O) groups is 1. The fraction of sp³-hybridized carbons (Fsp3) is 0.385. The molecule has 0 radical (unpaired) electrons. The SMILES string of the molecule is O=C(Nc1nc2c(F)cc(F)cc2o1)C1CCCNC1. The lowest BCUT2D eigenvalue weighted by Gasteiger charge is -2.20. The molecule has 1 amide bonds. The smallest absolute Gasteiger partial charge is 0.302 e. The van der Waals surface area contributed by atoms with Gasteiger partial charge in [-0.15, -0.1) is 0 Å². The summed E-state index contributed by atoms with van der Waals surface area (Å²) in [5, 5.41) is 5.63. The lowest BCUT2D eigenvalue weighted by Crippen LogP contribution is -2.37. The van der Waals surface area contributed by atoms with Crippen LogP contribution in [-0.4, -0.2) is 24.0 Å². The molecule has 0 aliphatic carbocycles. The van der Waals surface area contributed by atoms with Gasteiger partial charge in [-0.05, 0) is 19.4 Å². The summed E-state index contributed by atoms with van der Waals surface area (Å²) in [6.07, 6.45) is 1.70. The zero-order chi connectivity index (χ0) is 14.1. The summed E-state index contributed by atoms with van der Waals surface area (Å²) in [6.45, 7) is 1.49. The van der Waals surface area contributed by atoms with Crippen molar-refractivity contribution < 1.29 is 18.0 Å². The standard InChI is InChI=1S/C13H13F2N3O2/c14-8-4-9(15)11-10(5-8)20-13(17-11)18-12(19)7-2-1-3-16-6-7/h4-5,7,16H,1-3,6H2,(H,17,18,19). The van der Waals surface area contributed by atoms with Crippen molar-refractivity contribution in [2.24, 2.45) is 5.92 Å². The predicted molar refractivity (Wildman–Crippen MR) is 68.1 cm³/mol. The van der Waals surface area contributed by atoms with Crippen molar-refractivity contribution in [2.45, 2.75) is 12.8 Å². The Kier molecular flexibility index (Phi) is 3.35. The minimum Gasteiger partial charge on any atom is -0.423 e. The maximum absolute atomic E-state index is 13.5. The molecule has 0 spiro atoms. The quantitative estimate of drug-likeness (QED) is 0.884. The molecule has 1 atom stereocenters. The van der Waals surface area contributed by atoms with E-state index in [1.54, 1.807) is 0 Å². The Bertz CT molecular complexity index is 650. The Morgan fingerprint density at radius 2 is 2.30 bits per heavy atom. The third-order valence-corrected chi connectivity index (χ3v) is 3.31. The van der Waals surface area contributed by atoms with Crippen molar-refractivity contribution in [3.05, 3.63) is 23.8 Å². The van der Waals surface area contributed by atoms with Gasteiger partial charge in [-0.1, -0.05) is 0 Å². The van der Waals surface area contributed by atoms with Crippen LogP contribution in [0.15, 0.2) is 16.5 Å². The summed E-state index contributed by atoms with van der Waals surface area (Å²) in [5.74, 6) is -1.96. The molecule has 0 saturated carbocycles. The minimum absolute atomic E-state index is 0.0282. The Morgan fingerprint density at radius 3 is 3.05 bits per heavy atom. The predicted octanol–water partition coefficient (Wildman–Crippen LogP) is 2.04. The Labute approximate surface area is 113 Å². The number of piperidine rings is 1. The molecule has 5 nitrogen and oxygen atoms in total. The largest absolute Gasteiger partial charge is 0.423 e. The molecule has 2 N–H and O–H groups in total. The first kappa shape index (κ1) is 13.0. The van der Waals surface area contributed by atoms with Gasteiger partial charge in [0.1, 0.15) is 11.3 Å². The summed E-state index contributed by atoms with van der Waals surface area (Å²) in [5.41, 5.74) is -0.122. The number of fused-ring (bicyclic) bond motifs is 1. The lowest BCUT2D eigenvalue weighted by molar-refractivity contribution is -0.120. The van der Waals surface area contributed by atoms with Crippen molar-refractivity contribution in [3.63, 3.8) is 0 Å². The van der Waals surface area contributed by atoms with Gasteiger partial charge in [-0.2, -0.15) is 4.98 Å². The molecule has 1 aliphatic rings. The molecule has 0 bridgehead atoms. The highest BCUT2D eigenvalue weighted by molar-refractivity contribution is 5.92. The average Bonchev–Trinajstić information content (AvgIpc) is 2.82. The number of nitrogens with zero attached hydrogens (tertiary/aromatic N) is 1. The van der Waals surface area contributed by atoms with Gasteiger partial charge in [0.2, 0.25) is 5.91 Å². The molecule has 20 heavy (non-hydrogen) atoms. The van der Waals surface area contributed by atoms with Gasteiger partial charge in [-0.3, -0.25) is 10.1 Å². The van der Waals surface area contributed by atoms with E-state index in [9.17, 15) is 13.6 Å². The molecule has 1 aromatic heterocycles. The second kappa shape index (κ2) is 5.16. The molecule has 2 aromatic rings. The zero-order valence-corrected chi connectivity index (χ0v) is 10.6. The summed E-state index contributed by atoms with van der Waals surface area (Å²) in [7, 11) is 0. The highest BCUT2D eigenvalue weighted by atomic mass is 19.1. The molecular formula is C13H13F2N3O2. The number of nitrogens with one attached hydrogen (secondary N) is 2. The van der Waals surface area contributed by atoms with Crippen molar-refractivity contribution >= 4 is 23.0 Å². The third-order valence-electron chi connectivity index (χ3n) is 3.31. The molecule has 1 saturated heterocycles. The summed E-state index contributed by atoms with van der Waals surface area (Å²) in [4.78, 5) is 15.8. The average molecular weight is 281 g/mol. The first-order valence-electron chi connectivity index (χ1n) is 6.40. The Hall–Kier alpha value is -2.02. The van der Waals surface area contributed by atoms with Gasteiger partial charge in [0.05, 0.1) is 5.92 Å². The maximum Gasteiger partial charge on any atom is 0.302 e. The van der Waals surface area contributed by atoms with Crippen molar-refractivity contribution in [1.29, 1.82) is 0 Å². The molecule has 1 fully saturated rings. The van der Waals surface area contributed by atoms with Crippen LogP contribution in [0.25, 0.3) is 11.1 Å². The summed E-state index contributed by atoms with van der Waals surface area (Å²) < 4.78 is 31.7. The second-order valence-electron chi connectivity index (χ2n) is 4.79. The van der Waals surface area contributed by atoms with Crippen LogP contribution in [0.5, 0.6) is 0 Å². The van der Waals surface area contributed by atoms with Gasteiger partial charge >= 0.3 is 6.01 Å². The summed E-state index contributed by atoms with van der Waals surface area (Å²) in [6, 6.07) is 1.64.